The lowest BCUT2D eigenvalue weighted by atomic mass is 9.88. The van der Waals surface area contributed by atoms with Gasteiger partial charge in [0.1, 0.15) is 0 Å². The van der Waals surface area contributed by atoms with Crippen molar-refractivity contribution in [3.8, 4) is 22.3 Å². The third-order valence-electron chi connectivity index (χ3n) is 5.86. The molecule has 0 fully saturated rings. The summed E-state index contributed by atoms with van der Waals surface area (Å²) in [6.45, 7) is 2.22. The minimum Gasteiger partial charge on any atom is -0.289 e. The molecule has 0 amide bonds. The van der Waals surface area contributed by atoms with Gasteiger partial charge in [0, 0.05) is 26.7 Å². The molecule has 142 valence electrons. The van der Waals surface area contributed by atoms with Crippen LogP contribution in [0.2, 0.25) is 0 Å². The van der Waals surface area contributed by atoms with Gasteiger partial charge in [-0.05, 0) is 56.2 Å². The predicted octanol–water partition coefficient (Wildman–Crippen LogP) is 7.82. The Bertz CT molecular complexity index is 1250. The van der Waals surface area contributed by atoms with E-state index in [0.717, 1.165) is 55.0 Å². The standard InChI is InChI=1S/C27H21BrO/c1-2-3-9-17-14-15-20-22(16-17)23(18-10-5-4-6-11-18)25-24(26(20)28)19-12-7-8-13-21(19)27(25)29/h4-8,10-16H,2-3,9H2,1H3. The number of carbonyl (C=O) groups is 1. The summed E-state index contributed by atoms with van der Waals surface area (Å²) in [5.41, 5.74) is 7.14. The monoisotopic (exact) mass is 440 g/mol. The number of ketones is 1. The highest BCUT2D eigenvalue weighted by Crippen LogP contribution is 2.50. The molecule has 0 aromatic heterocycles. The number of halogens is 1. The Balaban J connectivity index is 1.90. The SMILES string of the molecule is CCCCc1ccc2c(Br)c3c(c(-c4ccccc4)c2c1)C(=O)c1ccccc1-3. The number of carbonyl (C=O) groups excluding carboxylic acids is 1. The number of unbranched alkanes of at least 4 members (excludes halogenated alkanes) is 1. The molecule has 0 radical (unpaired) electrons. The third kappa shape index (κ3) is 2.86. The second-order valence-corrected chi connectivity index (χ2v) is 8.46. The summed E-state index contributed by atoms with van der Waals surface area (Å²) in [5.74, 6) is 0.121. The van der Waals surface area contributed by atoms with Gasteiger partial charge in [-0.2, -0.15) is 0 Å². The fraction of sp³-hybridized carbons (Fsp3) is 0.148. The Morgan fingerprint density at radius 2 is 1.48 bits per heavy atom. The second-order valence-electron chi connectivity index (χ2n) is 7.66. The highest BCUT2D eigenvalue weighted by atomic mass is 79.9. The van der Waals surface area contributed by atoms with E-state index in [1.165, 1.54) is 18.4 Å². The molecule has 4 aromatic carbocycles. The molecule has 0 bridgehead atoms. The lowest BCUT2D eigenvalue weighted by Crippen LogP contribution is -2.00. The maximum Gasteiger partial charge on any atom is 0.194 e. The Morgan fingerprint density at radius 1 is 0.759 bits per heavy atom. The summed E-state index contributed by atoms with van der Waals surface area (Å²) in [4.78, 5) is 13.5. The van der Waals surface area contributed by atoms with Crippen LogP contribution in [0.25, 0.3) is 33.0 Å². The van der Waals surface area contributed by atoms with Crippen molar-refractivity contribution in [2.75, 3.05) is 0 Å². The van der Waals surface area contributed by atoms with Gasteiger partial charge in [-0.3, -0.25) is 4.79 Å². The van der Waals surface area contributed by atoms with Crippen LogP contribution in [-0.2, 0) is 6.42 Å². The molecule has 0 atom stereocenters. The van der Waals surface area contributed by atoms with E-state index < -0.39 is 0 Å². The van der Waals surface area contributed by atoms with Gasteiger partial charge in [-0.1, -0.05) is 86.1 Å². The summed E-state index contributed by atoms with van der Waals surface area (Å²) in [7, 11) is 0. The Morgan fingerprint density at radius 3 is 2.24 bits per heavy atom. The van der Waals surface area contributed by atoms with Gasteiger partial charge in [0.2, 0.25) is 0 Å². The molecule has 1 aliphatic carbocycles. The normalized spacial score (nSPS) is 12.3. The first-order chi connectivity index (χ1) is 14.2. The van der Waals surface area contributed by atoms with E-state index in [1.54, 1.807) is 0 Å². The smallest absolute Gasteiger partial charge is 0.194 e. The largest absolute Gasteiger partial charge is 0.289 e. The summed E-state index contributed by atoms with van der Waals surface area (Å²) >= 11 is 3.86. The Hall–Kier alpha value is -2.71. The van der Waals surface area contributed by atoms with Crippen LogP contribution in [0.5, 0.6) is 0 Å². The van der Waals surface area contributed by atoms with Crippen molar-refractivity contribution in [3.05, 3.63) is 94.0 Å². The zero-order chi connectivity index (χ0) is 20.0. The number of aryl methyl sites for hydroxylation is 1. The fourth-order valence-corrected chi connectivity index (χ4v) is 5.21. The average molecular weight is 441 g/mol. The van der Waals surface area contributed by atoms with Gasteiger partial charge in [-0.15, -0.1) is 0 Å². The minimum absolute atomic E-state index is 0.121. The molecule has 1 aliphatic rings. The van der Waals surface area contributed by atoms with Crippen molar-refractivity contribution in [1.82, 2.24) is 0 Å². The second kappa shape index (κ2) is 7.27. The first-order valence-corrected chi connectivity index (χ1v) is 11.0. The molecule has 0 aliphatic heterocycles. The van der Waals surface area contributed by atoms with Crippen LogP contribution in [0.15, 0.2) is 77.3 Å². The van der Waals surface area contributed by atoms with Crippen LogP contribution in [0.4, 0.5) is 0 Å². The van der Waals surface area contributed by atoms with Crippen LogP contribution in [0.1, 0.15) is 41.3 Å². The molecule has 29 heavy (non-hydrogen) atoms. The van der Waals surface area contributed by atoms with Crippen LogP contribution in [0, 0.1) is 0 Å². The Labute approximate surface area is 179 Å². The lowest BCUT2D eigenvalue weighted by molar-refractivity contribution is 0.104. The van der Waals surface area contributed by atoms with Gasteiger partial charge in [0.15, 0.2) is 5.78 Å². The van der Waals surface area contributed by atoms with E-state index in [2.05, 4.69) is 59.3 Å². The third-order valence-corrected chi connectivity index (χ3v) is 6.68. The van der Waals surface area contributed by atoms with E-state index in [9.17, 15) is 4.79 Å². The number of fused-ring (bicyclic) bond motifs is 4. The van der Waals surface area contributed by atoms with Crippen molar-refractivity contribution in [2.45, 2.75) is 26.2 Å². The molecule has 0 heterocycles. The summed E-state index contributed by atoms with van der Waals surface area (Å²) in [6.07, 6.45) is 3.40. The predicted molar refractivity (Wildman–Crippen MR) is 125 cm³/mol. The topological polar surface area (TPSA) is 17.1 Å². The number of benzene rings is 4. The van der Waals surface area contributed by atoms with Crippen LogP contribution in [0.3, 0.4) is 0 Å². The quantitative estimate of drug-likeness (QED) is 0.278. The van der Waals surface area contributed by atoms with Crippen molar-refractivity contribution >= 4 is 32.5 Å². The van der Waals surface area contributed by atoms with E-state index in [4.69, 9.17) is 0 Å². The number of hydrogen-bond acceptors (Lipinski definition) is 1. The van der Waals surface area contributed by atoms with Crippen molar-refractivity contribution in [3.63, 3.8) is 0 Å². The van der Waals surface area contributed by atoms with Gasteiger partial charge in [-0.25, -0.2) is 0 Å². The Kier molecular flexibility index (Phi) is 4.60. The van der Waals surface area contributed by atoms with Crippen LogP contribution >= 0.6 is 15.9 Å². The number of rotatable bonds is 4. The molecule has 0 saturated heterocycles. The molecule has 0 saturated carbocycles. The zero-order valence-electron chi connectivity index (χ0n) is 16.3. The van der Waals surface area contributed by atoms with Crippen LogP contribution in [-0.4, -0.2) is 5.78 Å². The molecule has 2 heteroatoms. The van der Waals surface area contributed by atoms with Crippen molar-refractivity contribution < 1.29 is 4.79 Å². The molecule has 0 spiro atoms. The molecule has 1 nitrogen and oxygen atoms in total. The fourth-order valence-electron chi connectivity index (χ4n) is 4.45. The minimum atomic E-state index is 0.121. The average Bonchev–Trinajstić information content (AvgIpc) is 3.06. The van der Waals surface area contributed by atoms with Gasteiger partial charge in [0.25, 0.3) is 0 Å². The summed E-state index contributed by atoms with van der Waals surface area (Å²) in [6, 6.07) is 25.0. The van der Waals surface area contributed by atoms with Crippen molar-refractivity contribution in [2.24, 2.45) is 0 Å². The number of hydrogen-bond donors (Lipinski definition) is 0. The first kappa shape index (κ1) is 18.3. The molecule has 0 N–H and O–H groups in total. The highest BCUT2D eigenvalue weighted by Gasteiger charge is 2.33. The van der Waals surface area contributed by atoms with Crippen LogP contribution < -0.4 is 0 Å². The van der Waals surface area contributed by atoms with E-state index in [-0.39, 0.29) is 5.78 Å². The molecule has 5 rings (SSSR count). The summed E-state index contributed by atoms with van der Waals surface area (Å²) < 4.78 is 1.02. The van der Waals surface area contributed by atoms with Gasteiger partial charge < -0.3 is 0 Å². The lowest BCUT2D eigenvalue weighted by Gasteiger charge is -2.16. The molecular weight excluding hydrogens is 420 g/mol. The highest BCUT2D eigenvalue weighted by molar-refractivity contribution is 9.10. The molecule has 4 aromatic rings. The van der Waals surface area contributed by atoms with E-state index in [0.29, 0.717) is 0 Å². The van der Waals surface area contributed by atoms with Gasteiger partial charge in [0.05, 0.1) is 0 Å². The van der Waals surface area contributed by atoms with Crippen molar-refractivity contribution in [1.29, 1.82) is 0 Å². The maximum absolute atomic E-state index is 13.5. The maximum atomic E-state index is 13.5. The summed E-state index contributed by atoms with van der Waals surface area (Å²) in [5, 5.41) is 2.31. The molecule has 0 unspecified atom stereocenters. The van der Waals surface area contributed by atoms with Gasteiger partial charge >= 0.3 is 0 Å². The van der Waals surface area contributed by atoms with E-state index in [1.807, 2.05) is 36.4 Å². The molecular formula is C27H21BrO. The van der Waals surface area contributed by atoms with E-state index >= 15 is 0 Å². The zero-order valence-corrected chi connectivity index (χ0v) is 17.9. The first-order valence-electron chi connectivity index (χ1n) is 10.2.